The summed E-state index contributed by atoms with van der Waals surface area (Å²) < 4.78 is 2.20. The van der Waals surface area contributed by atoms with Gasteiger partial charge in [-0.2, -0.15) is 0 Å². The van der Waals surface area contributed by atoms with Crippen molar-refractivity contribution in [3.05, 3.63) is 35.0 Å². The summed E-state index contributed by atoms with van der Waals surface area (Å²) >= 11 is 0. The number of carboxylic acid groups (broad SMARTS) is 1. The smallest absolute Gasteiger partial charge is 0.335 e. The fourth-order valence-electron chi connectivity index (χ4n) is 3.11. The molecular weight excluding hydrogens is 304 g/mol. The summed E-state index contributed by atoms with van der Waals surface area (Å²) in [7, 11) is 0. The molecule has 0 saturated carbocycles. The molecule has 132 valence electrons. The summed E-state index contributed by atoms with van der Waals surface area (Å²) in [6.07, 6.45) is 4.36. The molecule has 0 aliphatic carbocycles. The van der Waals surface area contributed by atoms with Crippen LogP contribution in [0.4, 0.5) is 0 Å². The van der Waals surface area contributed by atoms with Crippen LogP contribution in [0.2, 0.25) is 0 Å². The summed E-state index contributed by atoms with van der Waals surface area (Å²) in [6.45, 7) is 7.84. The van der Waals surface area contributed by atoms with Crippen molar-refractivity contribution in [1.29, 1.82) is 0 Å². The quantitative estimate of drug-likeness (QED) is 0.727. The van der Waals surface area contributed by atoms with Crippen molar-refractivity contribution in [1.82, 2.24) is 4.57 Å². The number of hydrogen-bond acceptors (Lipinski definition) is 3. The van der Waals surface area contributed by atoms with Crippen molar-refractivity contribution < 1.29 is 15.0 Å². The molecule has 1 heterocycles. The Hall–Kier alpha value is -1.85. The van der Waals surface area contributed by atoms with Crippen LogP contribution in [0.15, 0.2) is 18.3 Å². The summed E-state index contributed by atoms with van der Waals surface area (Å²) in [5.74, 6) is -0.912. The Labute approximate surface area is 143 Å². The number of fused-ring (bicyclic) bond motifs is 1. The summed E-state index contributed by atoms with van der Waals surface area (Å²) in [5.41, 5.74) is 9.03. The third-order valence-electron chi connectivity index (χ3n) is 4.32. The van der Waals surface area contributed by atoms with Crippen molar-refractivity contribution >= 4 is 16.9 Å². The average Bonchev–Trinajstić information content (AvgIpc) is 2.86. The lowest BCUT2D eigenvalue weighted by Crippen LogP contribution is -2.15. The van der Waals surface area contributed by atoms with Gasteiger partial charge in [-0.1, -0.05) is 20.8 Å². The van der Waals surface area contributed by atoms with Gasteiger partial charge in [0.1, 0.15) is 0 Å². The Balaban J connectivity index is 2.75. The van der Waals surface area contributed by atoms with Crippen LogP contribution < -0.4 is 5.73 Å². The number of aromatic carboxylic acids is 1. The topological polar surface area (TPSA) is 88.5 Å². The summed E-state index contributed by atoms with van der Waals surface area (Å²) in [6, 6.07) is 3.55. The van der Waals surface area contributed by atoms with Crippen LogP contribution in [-0.2, 0) is 18.4 Å². The van der Waals surface area contributed by atoms with Crippen LogP contribution >= 0.6 is 0 Å². The molecule has 4 N–H and O–H groups in total. The second kappa shape index (κ2) is 7.36. The first kappa shape index (κ1) is 18.5. The maximum atomic E-state index is 11.6. The molecule has 1 aromatic heterocycles. The Morgan fingerprint density at radius 2 is 1.96 bits per heavy atom. The Kier molecular flexibility index (Phi) is 5.67. The maximum absolute atomic E-state index is 11.6. The highest BCUT2D eigenvalue weighted by Gasteiger charge is 2.23. The minimum Gasteiger partial charge on any atom is -0.478 e. The van der Waals surface area contributed by atoms with Crippen molar-refractivity contribution in [2.45, 2.75) is 52.0 Å². The molecule has 2 aromatic rings. The molecule has 1 aromatic carbocycles. The van der Waals surface area contributed by atoms with Gasteiger partial charge in [0.15, 0.2) is 0 Å². The van der Waals surface area contributed by atoms with Gasteiger partial charge in [0.25, 0.3) is 0 Å². The Morgan fingerprint density at radius 1 is 1.25 bits per heavy atom. The van der Waals surface area contributed by atoms with E-state index >= 15 is 0 Å². The molecule has 0 aliphatic heterocycles. The number of aliphatic hydroxyl groups excluding tert-OH is 1. The average molecular weight is 332 g/mol. The number of aliphatic hydroxyl groups is 1. The first-order valence-corrected chi connectivity index (χ1v) is 8.50. The van der Waals surface area contributed by atoms with Crippen molar-refractivity contribution in [2.75, 3.05) is 13.2 Å². The van der Waals surface area contributed by atoms with E-state index < -0.39 is 5.97 Å². The maximum Gasteiger partial charge on any atom is 0.335 e. The number of nitrogens with two attached hydrogens (primary N) is 1. The molecule has 0 saturated heterocycles. The highest BCUT2D eigenvalue weighted by Crippen LogP contribution is 2.35. The van der Waals surface area contributed by atoms with Gasteiger partial charge in [-0.25, -0.2) is 4.79 Å². The molecule has 0 unspecified atom stereocenters. The molecule has 5 nitrogen and oxygen atoms in total. The number of hydrogen-bond donors (Lipinski definition) is 3. The number of aromatic nitrogens is 1. The first-order chi connectivity index (χ1) is 11.3. The van der Waals surface area contributed by atoms with Crippen LogP contribution in [0.5, 0.6) is 0 Å². The molecular formula is C19H28N2O3. The molecule has 0 aliphatic rings. The lowest BCUT2D eigenvalue weighted by atomic mass is 9.84. The Bertz CT molecular complexity index is 726. The minimum absolute atomic E-state index is 0.125. The fourth-order valence-corrected chi connectivity index (χ4v) is 3.11. The van der Waals surface area contributed by atoms with Gasteiger partial charge in [-0.05, 0) is 54.5 Å². The van der Waals surface area contributed by atoms with E-state index in [0.717, 1.165) is 41.4 Å². The van der Waals surface area contributed by atoms with E-state index in [9.17, 15) is 9.90 Å². The van der Waals surface area contributed by atoms with E-state index in [4.69, 9.17) is 10.8 Å². The van der Waals surface area contributed by atoms with Crippen LogP contribution in [0, 0.1) is 0 Å². The molecule has 24 heavy (non-hydrogen) atoms. The number of benzene rings is 1. The number of carboxylic acids is 1. The first-order valence-electron chi connectivity index (χ1n) is 8.50. The number of aryl methyl sites for hydroxylation is 2. The predicted octanol–water partition coefficient (Wildman–Crippen LogP) is 2.91. The van der Waals surface area contributed by atoms with Crippen molar-refractivity contribution in [2.24, 2.45) is 5.73 Å². The van der Waals surface area contributed by atoms with E-state index in [1.807, 2.05) is 0 Å². The van der Waals surface area contributed by atoms with E-state index in [2.05, 4.69) is 31.5 Å². The third-order valence-corrected chi connectivity index (χ3v) is 4.32. The van der Waals surface area contributed by atoms with E-state index in [1.165, 1.54) is 0 Å². The SMILES string of the molecule is CC(C)(C)c1cc(C(=O)O)cc2c(CCCO)cn(CCCN)c12. The zero-order valence-electron chi connectivity index (χ0n) is 14.8. The van der Waals surface area contributed by atoms with Crippen molar-refractivity contribution in [3.63, 3.8) is 0 Å². The van der Waals surface area contributed by atoms with Gasteiger partial charge in [-0.3, -0.25) is 0 Å². The molecule has 0 radical (unpaired) electrons. The fraction of sp³-hybridized carbons (Fsp3) is 0.526. The van der Waals surface area contributed by atoms with Gasteiger partial charge < -0.3 is 20.5 Å². The van der Waals surface area contributed by atoms with Gasteiger partial charge in [0, 0.05) is 24.7 Å². The Morgan fingerprint density at radius 3 is 2.50 bits per heavy atom. The van der Waals surface area contributed by atoms with Crippen LogP contribution in [0.3, 0.4) is 0 Å². The summed E-state index contributed by atoms with van der Waals surface area (Å²) in [5, 5.41) is 19.6. The van der Waals surface area contributed by atoms with E-state index in [0.29, 0.717) is 18.5 Å². The second-order valence-corrected chi connectivity index (χ2v) is 7.29. The zero-order valence-corrected chi connectivity index (χ0v) is 14.8. The molecule has 0 bridgehead atoms. The molecule has 5 heteroatoms. The third kappa shape index (κ3) is 3.79. The predicted molar refractivity (Wildman–Crippen MR) is 96.7 cm³/mol. The molecule has 0 spiro atoms. The van der Waals surface area contributed by atoms with E-state index in [-0.39, 0.29) is 12.0 Å². The molecule has 0 amide bonds. The molecule has 0 fully saturated rings. The van der Waals surface area contributed by atoms with Gasteiger partial charge in [0.05, 0.1) is 11.1 Å². The molecule has 0 atom stereocenters. The van der Waals surface area contributed by atoms with Gasteiger partial charge in [-0.15, -0.1) is 0 Å². The van der Waals surface area contributed by atoms with Crippen LogP contribution in [0.25, 0.3) is 10.9 Å². The second-order valence-electron chi connectivity index (χ2n) is 7.29. The minimum atomic E-state index is -0.912. The van der Waals surface area contributed by atoms with Gasteiger partial charge >= 0.3 is 5.97 Å². The standard InChI is InChI=1S/C19H28N2O3/c1-19(2,3)16-11-14(18(23)24)10-15-13(6-4-9-22)12-21(17(15)16)8-5-7-20/h10-12,22H,4-9,20H2,1-3H3,(H,23,24). The molecule has 2 rings (SSSR count). The largest absolute Gasteiger partial charge is 0.478 e. The number of nitrogens with zero attached hydrogens (tertiary/aromatic N) is 1. The van der Waals surface area contributed by atoms with Crippen LogP contribution in [0.1, 0.15) is 55.1 Å². The zero-order chi connectivity index (χ0) is 17.9. The van der Waals surface area contributed by atoms with Gasteiger partial charge in [0.2, 0.25) is 0 Å². The number of carbonyl (C=O) groups is 1. The monoisotopic (exact) mass is 332 g/mol. The lowest BCUT2D eigenvalue weighted by Gasteiger charge is -2.22. The highest BCUT2D eigenvalue weighted by atomic mass is 16.4. The number of rotatable bonds is 7. The van der Waals surface area contributed by atoms with Crippen LogP contribution in [-0.4, -0.2) is 33.9 Å². The van der Waals surface area contributed by atoms with E-state index in [1.54, 1.807) is 12.1 Å². The normalized spacial score (nSPS) is 12.0. The lowest BCUT2D eigenvalue weighted by molar-refractivity contribution is 0.0697. The highest BCUT2D eigenvalue weighted by molar-refractivity contribution is 5.97. The summed E-state index contributed by atoms with van der Waals surface area (Å²) in [4.78, 5) is 11.6. The van der Waals surface area contributed by atoms with Crippen molar-refractivity contribution in [3.8, 4) is 0 Å².